The summed E-state index contributed by atoms with van der Waals surface area (Å²) in [5, 5.41) is 4.64. The molecule has 2 nitrogen and oxygen atoms in total. The maximum Gasteiger partial charge on any atom is 0.131 e. The number of hydrogen-bond acceptors (Lipinski definition) is 1. The summed E-state index contributed by atoms with van der Waals surface area (Å²) in [4.78, 5) is 2.45. The molecule has 0 spiro atoms. The molecule has 7 rings (SSSR count). The van der Waals surface area contributed by atoms with E-state index in [1.54, 1.807) is 11.8 Å². The van der Waals surface area contributed by atoms with Crippen molar-refractivity contribution in [2.75, 3.05) is 0 Å². The van der Waals surface area contributed by atoms with Gasteiger partial charge in [-0.25, -0.2) is 0 Å². The number of nitrogens with zero attached hydrogens (tertiary/aromatic N) is 2. The van der Waals surface area contributed by atoms with Crippen LogP contribution in [0.5, 0.6) is 0 Å². The van der Waals surface area contributed by atoms with Gasteiger partial charge in [0.2, 0.25) is 0 Å². The number of halogens is 1. The third-order valence-electron chi connectivity index (χ3n) is 5.95. The van der Waals surface area contributed by atoms with E-state index in [0.29, 0.717) is 0 Å². The Morgan fingerprint density at radius 2 is 1.47 bits per heavy atom. The van der Waals surface area contributed by atoms with E-state index in [0.717, 1.165) is 10.7 Å². The lowest BCUT2D eigenvalue weighted by Crippen LogP contribution is -2.05. The fraction of sp³-hybridized carbons (Fsp3) is 0. The van der Waals surface area contributed by atoms with Crippen LogP contribution in [-0.4, -0.2) is 9.13 Å². The highest BCUT2D eigenvalue weighted by Crippen LogP contribution is 2.49. The van der Waals surface area contributed by atoms with E-state index < -0.39 is 0 Å². The highest BCUT2D eigenvalue weighted by atomic mass is 35.5. The molecule has 0 fully saturated rings. The SMILES string of the molecule is Clc1ccc2c(c1)Sc1cccc3c4c5ccccc5n(-c5ccccc5)c4n-2c13. The first-order valence-corrected chi connectivity index (χ1v) is 11.1. The molecule has 0 bridgehead atoms. The molecule has 30 heavy (non-hydrogen) atoms. The quantitative estimate of drug-likeness (QED) is 0.262. The number of hydrogen-bond donors (Lipinski definition) is 0. The maximum absolute atomic E-state index is 6.36. The lowest BCUT2D eigenvalue weighted by Gasteiger charge is -2.21. The molecule has 4 aromatic carbocycles. The lowest BCUT2D eigenvalue weighted by molar-refractivity contribution is 1.03. The van der Waals surface area contributed by atoms with Crippen LogP contribution in [0, 0.1) is 0 Å². The van der Waals surface area contributed by atoms with Crippen molar-refractivity contribution >= 4 is 56.2 Å². The van der Waals surface area contributed by atoms with Gasteiger partial charge in [0.05, 0.1) is 16.7 Å². The number of rotatable bonds is 1. The predicted molar refractivity (Wildman–Crippen MR) is 127 cm³/mol. The van der Waals surface area contributed by atoms with Crippen LogP contribution >= 0.6 is 23.4 Å². The first-order chi connectivity index (χ1) is 14.8. The highest BCUT2D eigenvalue weighted by Gasteiger charge is 2.27. The summed E-state index contributed by atoms with van der Waals surface area (Å²) in [6.07, 6.45) is 0. The summed E-state index contributed by atoms with van der Waals surface area (Å²) >= 11 is 8.16. The Bertz CT molecular complexity index is 1630. The van der Waals surface area contributed by atoms with Crippen LogP contribution in [0.2, 0.25) is 5.02 Å². The van der Waals surface area contributed by atoms with Crippen LogP contribution in [-0.2, 0) is 0 Å². The largest absolute Gasteiger partial charge is 0.295 e. The third-order valence-corrected chi connectivity index (χ3v) is 7.28. The van der Waals surface area contributed by atoms with Gasteiger partial charge < -0.3 is 0 Å². The van der Waals surface area contributed by atoms with Gasteiger partial charge in [-0.05, 0) is 42.5 Å². The molecule has 0 saturated carbocycles. The summed E-state index contributed by atoms with van der Waals surface area (Å²) in [7, 11) is 0. The third kappa shape index (κ3) is 2.06. The monoisotopic (exact) mass is 422 g/mol. The predicted octanol–water partition coefficient (Wildman–Crippen LogP) is 7.85. The molecule has 1 aliphatic heterocycles. The van der Waals surface area contributed by atoms with E-state index in [1.807, 2.05) is 6.07 Å². The molecule has 1 aliphatic rings. The minimum Gasteiger partial charge on any atom is -0.295 e. The highest BCUT2D eigenvalue weighted by molar-refractivity contribution is 7.99. The number of aromatic nitrogens is 2. The zero-order chi connectivity index (χ0) is 19.8. The van der Waals surface area contributed by atoms with E-state index in [4.69, 9.17) is 11.6 Å². The lowest BCUT2D eigenvalue weighted by atomic mass is 10.1. The van der Waals surface area contributed by atoms with Gasteiger partial charge in [0.1, 0.15) is 5.65 Å². The average molecular weight is 423 g/mol. The first-order valence-electron chi connectivity index (χ1n) is 9.91. The van der Waals surface area contributed by atoms with E-state index in [1.165, 1.54) is 48.3 Å². The molecule has 142 valence electrons. The number of benzene rings is 4. The minimum atomic E-state index is 0.767. The molecule has 0 radical (unpaired) electrons. The molecule has 0 N–H and O–H groups in total. The molecule has 0 saturated heterocycles. The topological polar surface area (TPSA) is 9.86 Å². The first kappa shape index (κ1) is 16.6. The Kier molecular flexibility index (Phi) is 3.30. The van der Waals surface area contributed by atoms with Crippen LogP contribution in [0.1, 0.15) is 0 Å². The summed E-state index contributed by atoms with van der Waals surface area (Å²) in [5.41, 5.74) is 6.05. The van der Waals surface area contributed by atoms with Crippen LogP contribution in [0.4, 0.5) is 0 Å². The minimum absolute atomic E-state index is 0.767. The Morgan fingerprint density at radius 1 is 0.667 bits per heavy atom. The molecule has 3 heterocycles. The fourth-order valence-corrected chi connectivity index (χ4v) is 6.16. The summed E-state index contributed by atoms with van der Waals surface area (Å²) in [5.74, 6) is 0. The molecule has 6 aromatic rings. The molecule has 0 amide bonds. The van der Waals surface area contributed by atoms with Crippen molar-refractivity contribution < 1.29 is 0 Å². The molecular formula is C26H15ClN2S. The second-order valence-corrected chi connectivity index (χ2v) is 9.11. The Hall–Kier alpha value is -3.14. The van der Waals surface area contributed by atoms with Crippen molar-refractivity contribution in [3.05, 3.63) is 96.0 Å². The van der Waals surface area contributed by atoms with Gasteiger partial charge in [-0.2, -0.15) is 0 Å². The zero-order valence-corrected chi connectivity index (χ0v) is 17.4. The van der Waals surface area contributed by atoms with Gasteiger partial charge in [0, 0.05) is 36.7 Å². The molecule has 0 unspecified atom stereocenters. The normalized spacial score (nSPS) is 12.7. The van der Waals surface area contributed by atoms with Crippen molar-refractivity contribution in [3.63, 3.8) is 0 Å². The second-order valence-electron chi connectivity index (χ2n) is 7.59. The average Bonchev–Trinajstić information content (AvgIpc) is 3.29. The van der Waals surface area contributed by atoms with Gasteiger partial charge in [0.25, 0.3) is 0 Å². The van der Waals surface area contributed by atoms with E-state index in [2.05, 4.69) is 94.1 Å². The number of fused-ring (bicyclic) bond motifs is 7. The molecular weight excluding hydrogens is 408 g/mol. The van der Waals surface area contributed by atoms with Crippen LogP contribution in [0.3, 0.4) is 0 Å². The van der Waals surface area contributed by atoms with Gasteiger partial charge in [0.15, 0.2) is 0 Å². The van der Waals surface area contributed by atoms with E-state index in [-0.39, 0.29) is 0 Å². The van der Waals surface area contributed by atoms with Gasteiger partial charge in [-0.3, -0.25) is 9.13 Å². The van der Waals surface area contributed by atoms with Gasteiger partial charge in [-0.1, -0.05) is 71.9 Å². The Balaban J connectivity index is 1.79. The van der Waals surface area contributed by atoms with E-state index in [9.17, 15) is 0 Å². The van der Waals surface area contributed by atoms with Crippen LogP contribution in [0.25, 0.3) is 44.2 Å². The Labute approximate surface area is 182 Å². The number of para-hydroxylation sites is 3. The van der Waals surface area contributed by atoms with E-state index >= 15 is 0 Å². The van der Waals surface area contributed by atoms with Crippen molar-refractivity contribution in [1.29, 1.82) is 0 Å². The van der Waals surface area contributed by atoms with Gasteiger partial charge >= 0.3 is 0 Å². The summed E-state index contributed by atoms with van der Waals surface area (Å²) < 4.78 is 4.82. The maximum atomic E-state index is 6.36. The summed E-state index contributed by atoms with van der Waals surface area (Å²) in [6.45, 7) is 0. The zero-order valence-electron chi connectivity index (χ0n) is 15.8. The van der Waals surface area contributed by atoms with Gasteiger partial charge in [-0.15, -0.1) is 0 Å². The summed E-state index contributed by atoms with van der Waals surface area (Å²) in [6, 6.07) is 32.2. The molecule has 0 aliphatic carbocycles. The van der Waals surface area contributed by atoms with Crippen molar-refractivity contribution in [2.45, 2.75) is 9.79 Å². The Morgan fingerprint density at radius 3 is 2.37 bits per heavy atom. The van der Waals surface area contributed by atoms with Crippen LogP contribution < -0.4 is 0 Å². The van der Waals surface area contributed by atoms with Crippen molar-refractivity contribution in [3.8, 4) is 11.4 Å². The smallest absolute Gasteiger partial charge is 0.131 e. The molecule has 2 aromatic heterocycles. The van der Waals surface area contributed by atoms with Crippen molar-refractivity contribution in [2.24, 2.45) is 0 Å². The van der Waals surface area contributed by atoms with Crippen LogP contribution in [0.15, 0.2) is 101 Å². The fourth-order valence-electron chi connectivity index (χ4n) is 4.79. The standard InChI is InChI=1S/C26H15ClN2S/c27-16-13-14-21-23(15-16)30-22-12-6-10-19-24-18-9-4-5-11-20(18)28(17-7-2-1-3-8-17)26(24)29(21)25(19)22/h1-15H. The second kappa shape index (κ2) is 5.94. The molecule has 0 atom stereocenters. The molecule has 4 heteroatoms. The van der Waals surface area contributed by atoms with Crippen molar-refractivity contribution in [1.82, 2.24) is 9.13 Å².